The molecule has 14 nitrogen and oxygen atoms in total. The first-order chi connectivity index (χ1) is 19.9. The molecule has 4 heterocycles. The number of halogens is 1. The van der Waals surface area contributed by atoms with E-state index in [1.54, 1.807) is 0 Å². The highest BCUT2D eigenvalue weighted by Gasteiger charge is 2.54. The molecule has 6 atom stereocenters. The van der Waals surface area contributed by atoms with Crippen LogP contribution in [0.1, 0.15) is 49.9 Å². The Hall–Kier alpha value is -1.96. The number of rotatable bonds is 8. The average Bonchev–Trinajstić information content (AvgIpc) is 3.46. The molecule has 0 amide bonds. The molecule has 3 aliphatic rings. The van der Waals surface area contributed by atoms with Crippen molar-refractivity contribution >= 4 is 43.8 Å². The number of aliphatic hydroxyl groups excluding tert-OH is 2. The van der Waals surface area contributed by atoms with Crippen LogP contribution in [0, 0.1) is 5.41 Å². The van der Waals surface area contributed by atoms with Gasteiger partial charge in [-0.2, -0.15) is 9.97 Å². The van der Waals surface area contributed by atoms with Crippen molar-refractivity contribution in [1.82, 2.24) is 19.5 Å². The van der Waals surface area contributed by atoms with Crippen molar-refractivity contribution in [2.45, 2.75) is 62.7 Å². The van der Waals surface area contributed by atoms with E-state index in [9.17, 15) is 24.2 Å². The van der Waals surface area contributed by atoms with Crippen LogP contribution in [0.4, 0.5) is 5.82 Å². The predicted molar refractivity (Wildman–Crippen MR) is 151 cm³/mol. The lowest BCUT2D eigenvalue weighted by Crippen LogP contribution is -2.60. The second kappa shape index (κ2) is 11.2. The monoisotopic (exact) mass is 643 g/mol. The van der Waals surface area contributed by atoms with Gasteiger partial charge in [0.15, 0.2) is 29.1 Å². The molecule has 2 saturated heterocycles. The fraction of sp³-hybridized carbons (Fsp3) is 0.560. The first-order valence-corrected chi connectivity index (χ1v) is 17.6. The Labute approximate surface area is 246 Å². The zero-order valence-electron chi connectivity index (χ0n) is 22.4. The fourth-order valence-electron chi connectivity index (χ4n) is 6.61. The van der Waals surface area contributed by atoms with Gasteiger partial charge in [0, 0.05) is 12.0 Å². The van der Waals surface area contributed by atoms with Crippen molar-refractivity contribution in [3.05, 3.63) is 47.5 Å². The molecule has 1 aliphatic carbocycles. The minimum atomic E-state index is -4.84. The summed E-state index contributed by atoms with van der Waals surface area (Å²) >= 11 is 6.42. The van der Waals surface area contributed by atoms with Crippen LogP contribution < -0.4 is 4.90 Å². The number of ether oxygens (including phenoxy) is 1. The summed E-state index contributed by atoms with van der Waals surface area (Å²) in [6.45, 7) is 0.0725. The first kappa shape index (κ1) is 30.1. The second-order valence-electron chi connectivity index (χ2n) is 11.3. The van der Waals surface area contributed by atoms with Gasteiger partial charge in [0.05, 0.1) is 19.0 Å². The van der Waals surface area contributed by atoms with Gasteiger partial charge in [-0.1, -0.05) is 49.6 Å². The third kappa shape index (κ3) is 5.66. The van der Waals surface area contributed by atoms with E-state index in [0.717, 1.165) is 19.4 Å². The van der Waals surface area contributed by atoms with E-state index < -0.39 is 52.2 Å². The molecule has 1 spiro atoms. The van der Waals surface area contributed by atoms with Gasteiger partial charge >= 0.3 is 15.2 Å². The Bertz CT molecular complexity index is 1550. The number of hydrogen-bond acceptors (Lipinski definition) is 10. The van der Waals surface area contributed by atoms with Crippen LogP contribution in [0.2, 0.25) is 5.28 Å². The quantitative estimate of drug-likeness (QED) is 0.177. The van der Waals surface area contributed by atoms with Crippen LogP contribution in [0.5, 0.6) is 0 Å². The molecule has 3 unspecified atom stereocenters. The summed E-state index contributed by atoms with van der Waals surface area (Å²) in [5.74, 6) is -0.846. The summed E-state index contributed by atoms with van der Waals surface area (Å²) in [5, 5.41) is 21.4. The number of nitrogens with zero attached hydrogens (tertiary/aromatic N) is 5. The van der Waals surface area contributed by atoms with Gasteiger partial charge in [-0.05, 0) is 30.0 Å². The van der Waals surface area contributed by atoms with Gasteiger partial charge in [-0.15, -0.1) is 0 Å². The van der Waals surface area contributed by atoms with E-state index in [-0.39, 0.29) is 22.4 Å². The number of aromatic nitrogens is 4. The highest BCUT2D eigenvalue weighted by molar-refractivity contribution is 7.70. The van der Waals surface area contributed by atoms with Gasteiger partial charge in [-0.3, -0.25) is 13.7 Å². The second-order valence-corrected chi connectivity index (χ2v) is 15.6. The largest absolute Gasteiger partial charge is 0.387 e. The van der Waals surface area contributed by atoms with Crippen molar-refractivity contribution in [3.63, 3.8) is 0 Å². The normalized spacial score (nSPS) is 29.1. The summed E-state index contributed by atoms with van der Waals surface area (Å²) in [5.41, 5.74) is 1.97. The van der Waals surface area contributed by atoms with E-state index >= 15 is 0 Å². The van der Waals surface area contributed by atoms with E-state index in [2.05, 4.69) is 32.0 Å². The van der Waals surface area contributed by atoms with Gasteiger partial charge < -0.3 is 39.1 Å². The molecule has 2 aromatic heterocycles. The molecule has 0 bridgehead atoms. The molecule has 2 aliphatic heterocycles. The van der Waals surface area contributed by atoms with Gasteiger partial charge in [0.2, 0.25) is 5.28 Å². The van der Waals surface area contributed by atoms with Crippen LogP contribution in [0.15, 0.2) is 36.7 Å². The maximum absolute atomic E-state index is 12.1. The highest BCUT2D eigenvalue weighted by Crippen LogP contribution is 2.59. The SMILES string of the molecule is O=P(O)(O)CP(=O)(O)OC[C@H]1O[C@@H](n2cnc3c(N4CC5(CCCCC5)C4c4ccccc4)nc(Cl)nc32)[C@@H](O)C1O. The summed E-state index contributed by atoms with van der Waals surface area (Å²) in [6.07, 6.45) is 1.59. The molecule has 228 valence electrons. The number of imidazole rings is 1. The lowest BCUT2D eigenvalue weighted by Gasteiger charge is -2.60. The molecule has 6 rings (SSSR count). The van der Waals surface area contributed by atoms with Crippen molar-refractivity contribution in [2.75, 3.05) is 24.0 Å². The van der Waals surface area contributed by atoms with Crippen LogP contribution in [-0.2, 0) is 18.4 Å². The zero-order valence-corrected chi connectivity index (χ0v) is 24.9. The summed E-state index contributed by atoms with van der Waals surface area (Å²) < 4.78 is 35.2. The number of aliphatic hydroxyl groups is 2. The lowest BCUT2D eigenvalue weighted by atomic mass is 9.61. The van der Waals surface area contributed by atoms with E-state index in [4.69, 9.17) is 30.6 Å². The predicted octanol–water partition coefficient (Wildman–Crippen LogP) is 2.95. The van der Waals surface area contributed by atoms with Crippen LogP contribution in [0.3, 0.4) is 0 Å². The summed E-state index contributed by atoms with van der Waals surface area (Å²) in [6, 6.07) is 10.3. The Balaban J connectivity index is 1.28. The molecule has 1 aromatic carbocycles. The maximum atomic E-state index is 12.1. The Kier molecular flexibility index (Phi) is 8.02. The summed E-state index contributed by atoms with van der Waals surface area (Å²) in [7, 11) is -9.54. The zero-order chi connectivity index (χ0) is 29.9. The molecule has 17 heteroatoms. The fourth-order valence-corrected chi connectivity index (χ4v) is 9.34. The number of anilines is 1. The van der Waals surface area contributed by atoms with Crippen molar-refractivity contribution in [1.29, 1.82) is 0 Å². The minimum absolute atomic E-state index is 0.0396. The topological polar surface area (TPSA) is 201 Å². The number of hydrogen-bond donors (Lipinski definition) is 5. The van der Waals surface area contributed by atoms with Gasteiger partial charge in [0.25, 0.3) is 0 Å². The summed E-state index contributed by atoms with van der Waals surface area (Å²) in [4.78, 5) is 43.4. The van der Waals surface area contributed by atoms with Crippen molar-refractivity contribution < 1.29 is 43.3 Å². The van der Waals surface area contributed by atoms with Crippen molar-refractivity contribution in [2.24, 2.45) is 5.41 Å². The molecule has 3 fully saturated rings. The molecule has 42 heavy (non-hydrogen) atoms. The van der Waals surface area contributed by atoms with Gasteiger partial charge in [0.1, 0.15) is 18.3 Å². The molecular formula is C25H32ClN5O9P2. The van der Waals surface area contributed by atoms with Crippen LogP contribution in [0.25, 0.3) is 11.2 Å². The third-order valence-electron chi connectivity index (χ3n) is 8.40. The molecule has 0 radical (unpaired) electrons. The van der Waals surface area contributed by atoms with Crippen molar-refractivity contribution in [3.8, 4) is 0 Å². The highest BCUT2D eigenvalue weighted by atomic mass is 35.5. The number of fused-ring (bicyclic) bond motifs is 1. The Morgan fingerprint density at radius 2 is 1.76 bits per heavy atom. The minimum Gasteiger partial charge on any atom is -0.387 e. The Morgan fingerprint density at radius 3 is 2.45 bits per heavy atom. The molecule has 5 N–H and O–H groups in total. The average molecular weight is 644 g/mol. The number of benzene rings is 1. The van der Waals surface area contributed by atoms with Crippen LogP contribution >= 0.6 is 26.8 Å². The third-order valence-corrected chi connectivity index (χ3v) is 12.0. The van der Waals surface area contributed by atoms with Crippen LogP contribution in [-0.4, -0.2) is 81.8 Å². The maximum Gasteiger partial charge on any atom is 0.340 e. The standard InChI is InChI=1S/C25H32ClN5O9P2/c26-24-28-21(30-12-25(9-5-2-6-10-25)20(30)15-7-3-1-4-8-15)17-22(29-24)31(13-27-17)23-19(33)18(32)16(40-23)11-39-42(37,38)14-41(34,35)36/h1,3-4,7-8,13,16,18-20,23,32-33H,2,5-6,9-12,14H2,(H,37,38)(H2,34,35,36)/t16-,18?,19+,20?,23-/m1/s1. The molecule has 3 aromatic rings. The van der Waals surface area contributed by atoms with E-state index in [0.29, 0.717) is 11.3 Å². The molecule has 1 saturated carbocycles. The smallest absolute Gasteiger partial charge is 0.340 e. The first-order valence-electron chi connectivity index (χ1n) is 13.6. The molecular weight excluding hydrogens is 612 g/mol. The van der Waals surface area contributed by atoms with Gasteiger partial charge in [-0.25, -0.2) is 4.98 Å². The van der Waals surface area contributed by atoms with E-state index in [1.165, 1.54) is 35.7 Å². The Morgan fingerprint density at radius 1 is 1.05 bits per heavy atom. The lowest BCUT2D eigenvalue weighted by molar-refractivity contribution is -0.0483. The van der Waals surface area contributed by atoms with E-state index in [1.807, 2.05) is 18.2 Å².